The van der Waals surface area contributed by atoms with E-state index >= 15 is 0 Å². The Morgan fingerprint density at radius 2 is 1.61 bits per heavy atom. The van der Waals surface area contributed by atoms with E-state index in [-0.39, 0.29) is 5.41 Å². The van der Waals surface area contributed by atoms with Gasteiger partial charge >= 0.3 is 0 Å². The Morgan fingerprint density at radius 3 is 2.11 bits per heavy atom. The molecule has 1 saturated carbocycles. The molecule has 2 rings (SSSR count). The quantitative estimate of drug-likeness (QED) is 0.653. The zero-order valence-electron chi connectivity index (χ0n) is 11.1. The molecule has 100 valence electrons. The van der Waals surface area contributed by atoms with Gasteiger partial charge in [-0.1, -0.05) is 42.7 Å². The highest BCUT2D eigenvalue weighted by atomic mass is 35.5. The molecule has 0 bridgehead atoms. The number of rotatable bonds is 5. The minimum absolute atomic E-state index is 0.0921. The Kier molecular flexibility index (Phi) is 4.98. The number of alkyl halides is 2. The Labute approximate surface area is 121 Å². The van der Waals surface area contributed by atoms with E-state index in [9.17, 15) is 0 Å². The average molecular weight is 285 g/mol. The van der Waals surface area contributed by atoms with Crippen molar-refractivity contribution in [3.63, 3.8) is 0 Å². The number of benzene rings is 1. The summed E-state index contributed by atoms with van der Waals surface area (Å²) in [6.45, 7) is 2.12. The third kappa shape index (κ3) is 3.03. The second-order valence-electron chi connectivity index (χ2n) is 5.77. The fourth-order valence-corrected chi connectivity index (χ4v) is 4.05. The normalized spacial score (nSPS) is 17.3. The lowest BCUT2D eigenvalue weighted by Crippen LogP contribution is -2.35. The zero-order valence-corrected chi connectivity index (χ0v) is 12.6. The number of hydrogen-bond acceptors (Lipinski definition) is 0. The van der Waals surface area contributed by atoms with Crippen molar-refractivity contribution in [1.82, 2.24) is 0 Å². The molecule has 0 unspecified atom stereocenters. The van der Waals surface area contributed by atoms with Gasteiger partial charge < -0.3 is 0 Å². The smallest absolute Gasteiger partial charge is 0.0297 e. The molecule has 0 aliphatic heterocycles. The largest absolute Gasteiger partial charge is 0.126 e. The van der Waals surface area contributed by atoms with Gasteiger partial charge in [0.15, 0.2) is 0 Å². The molecule has 0 atom stereocenters. The predicted octanol–water partition coefficient (Wildman–Crippen LogP) is 5.19. The Bertz CT molecular complexity index is 359. The molecule has 0 N–H and O–H groups in total. The molecule has 2 heteroatoms. The van der Waals surface area contributed by atoms with Gasteiger partial charge in [0.2, 0.25) is 0 Å². The summed E-state index contributed by atoms with van der Waals surface area (Å²) >= 11 is 12.6. The molecule has 1 aliphatic rings. The number of halogens is 2. The van der Waals surface area contributed by atoms with Crippen LogP contribution in [0.2, 0.25) is 0 Å². The van der Waals surface area contributed by atoms with E-state index in [4.69, 9.17) is 23.2 Å². The van der Waals surface area contributed by atoms with Crippen molar-refractivity contribution >= 4 is 23.2 Å². The molecule has 0 spiro atoms. The first-order valence-corrected chi connectivity index (χ1v) is 7.94. The van der Waals surface area contributed by atoms with Crippen LogP contribution in [0.1, 0.15) is 36.8 Å². The van der Waals surface area contributed by atoms with Crippen LogP contribution >= 0.6 is 23.2 Å². The van der Waals surface area contributed by atoms with Crippen molar-refractivity contribution in [1.29, 1.82) is 0 Å². The zero-order chi connectivity index (χ0) is 13.0. The Hall–Kier alpha value is -0.200. The SMILES string of the molecule is Cc1ccc(CC(CCl)(CCl)C2CCCC2)cc1. The van der Waals surface area contributed by atoms with Crippen LogP contribution in [0.4, 0.5) is 0 Å². The maximum absolute atomic E-state index is 6.30. The lowest BCUT2D eigenvalue weighted by atomic mass is 9.73. The molecule has 0 radical (unpaired) electrons. The van der Waals surface area contributed by atoms with Crippen LogP contribution < -0.4 is 0 Å². The van der Waals surface area contributed by atoms with Crippen LogP contribution in [-0.4, -0.2) is 11.8 Å². The first-order valence-electron chi connectivity index (χ1n) is 6.88. The number of hydrogen-bond donors (Lipinski definition) is 0. The van der Waals surface area contributed by atoms with Crippen LogP contribution in [0, 0.1) is 18.3 Å². The van der Waals surface area contributed by atoms with E-state index in [0.29, 0.717) is 17.7 Å². The van der Waals surface area contributed by atoms with E-state index < -0.39 is 0 Å². The fourth-order valence-electron chi connectivity index (χ4n) is 3.14. The van der Waals surface area contributed by atoms with E-state index in [2.05, 4.69) is 31.2 Å². The van der Waals surface area contributed by atoms with Crippen LogP contribution in [0.25, 0.3) is 0 Å². The van der Waals surface area contributed by atoms with E-state index in [0.717, 1.165) is 6.42 Å². The van der Waals surface area contributed by atoms with Gasteiger partial charge in [-0.05, 0) is 37.7 Å². The highest BCUT2D eigenvalue weighted by molar-refractivity contribution is 6.21. The summed E-state index contributed by atoms with van der Waals surface area (Å²) in [4.78, 5) is 0. The summed E-state index contributed by atoms with van der Waals surface area (Å²) in [6.07, 6.45) is 6.30. The van der Waals surface area contributed by atoms with Crippen molar-refractivity contribution in [3.8, 4) is 0 Å². The summed E-state index contributed by atoms with van der Waals surface area (Å²) in [5, 5.41) is 0. The van der Waals surface area contributed by atoms with Gasteiger partial charge in [0.1, 0.15) is 0 Å². The van der Waals surface area contributed by atoms with Crippen LogP contribution in [0.5, 0.6) is 0 Å². The van der Waals surface area contributed by atoms with Gasteiger partial charge in [0.05, 0.1) is 0 Å². The molecule has 0 saturated heterocycles. The maximum atomic E-state index is 6.30. The van der Waals surface area contributed by atoms with Crippen molar-refractivity contribution in [2.24, 2.45) is 11.3 Å². The van der Waals surface area contributed by atoms with Crippen molar-refractivity contribution in [2.45, 2.75) is 39.0 Å². The summed E-state index contributed by atoms with van der Waals surface area (Å²) in [5.41, 5.74) is 2.77. The second kappa shape index (κ2) is 6.30. The van der Waals surface area contributed by atoms with Gasteiger partial charge in [0, 0.05) is 17.2 Å². The van der Waals surface area contributed by atoms with E-state index in [1.807, 2.05) is 0 Å². The Morgan fingerprint density at radius 1 is 1.06 bits per heavy atom. The topological polar surface area (TPSA) is 0 Å². The van der Waals surface area contributed by atoms with Gasteiger partial charge in [-0.25, -0.2) is 0 Å². The second-order valence-corrected chi connectivity index (χ2v) is 6.31. The van der Waals surface area contributed by atoms with Gasteiger partial charge in [0.25, 0.3) is 0 Å². The molecule has 1 aliphatic carbocycles. The van der Waals surface area contributed by atoms with Crippen LogP contribution in [-0.2, 0) is 6.42 Å². The van der Waals surface area contributed by atoms with Crippen LogP contribution in [0.3, 0.4) is 0 Å². The number of aryl methyl sites for hydroxylation is 1. The monoisotopic (exact) mass is 284 g/mol. The minimum atomic E-state index is 0.0921. The van der Waals surface area contributed by atoms with Crippen molar-refractivity contribution in [3.05, 3.63) is 35.4 Å². The van der Waals surface area contributed by atoms with Crippen LogP contribution in [0.15, 0.2) is 24.3 Å². The predicted molar refractivity (Wildman–Crippen MR) is 80.7 cm³/mol. The summed E-state index contributed by atoms with van der Waals surface area (Å²) in [6, 6.07) is 8.80. The molecule has 1 fully saturated rings. The third-order valence-electron chi connectivity index (χ3n) is 4.43. The highest BCUT2D eigenvalue weighted by Gasteiger charge is 2.38. The van der Waals surface area contributed by atoms with Crippen molar-refractivity contribution in [2.75, 3.05) is 11.8 Å². The lowest BCUT2D eigenvalue weighted by molar-refractivity contribution is 0.225. The Balaban J connectivity index is 2.16. The molecule has 1 aromatic carbocycles. The first kappa shape index (κ1) is 14.2. The molecule has 0 aromatic heterocycles. The third-order valence-corrected chi connectivity index (χ3v) is 5.49. The van der Waals surface area contributed by atoms with E-state index in [1.54, 1.807) is 0 Å². The summed E-state index contributed by atoms with van der Waals surface area (Å²) < 4.78 is 0. The molecule has 0 nitrogen and oxygen atoms in total. The molecule has 18 heavy (non-hydrogen) atoms. The standard InChI is InChI=1S/C16H22Cl2/c1-13-6-8-14(9-7-13)10-16(11-17,12-18)15-4-2-3-5-15/h6-9,15H,2-5,10-12H2,1H3. The molecule has 0 heterocycles. The van der Waals surface area contributed by atoms with Gasteiger partial charge in [-0.2, -0.15) is 0 Å². The average Bonchev–Trinajstić information content (AvgIpc) is 2.93. The maximum Gasteiger partial charge on any atom is 0.0297 e. The first-order chi connectivity index (χ1) is 8.70. The van der Waals surface area contributed by atoms with E-state index in [1.165, 1.54) is 36.8 Å². The summed E-state index contributed by atoms with van der Waals surface area (Å²) in [5.74, 6) is 2.05. The lowest BCUT2D eigenvalue weighted by Gasteiger charge is -2.36. The molecular formula is C16H22Cl2. The van der Waals surface area contributed by atoms with Crippen molar-refractivity contribution < 1.29 is 0 Å². The summed E-state index contributed by atoms with van der Waals surface area (Å²) in [7, 11) is 0. The molecule has 0 amide bonds. The van der Waals surface area contributed by atoms with Gasteiger partial charge in [-0.3, -0.25) is 0 Å². The molecule has 1 aromatic rings. The fraction of sp³-hybridized carbons (Fsp3) is 0.625. The highest BCUT2D eigenvalue weighted by Crippen LogP contribution is 2.44. The molecular weight excluding hydrogens is 263 g/mol. The van der Waals surface area contributed by atoms with Gasteiger partial charge in [-0.15, -0.1) is 23.2 Å². The minimum Gasteiger partial charge on any atom is -0.126 e.